The second-order valence-electron chi connectivity index (χ2n) is 4.53. The third-order valence-corrected chi connectivity index (χ3v) is 3.21. The van der Waals surface area contributed by atoms with Gasteiger partial charge < -0.3 is 10.7 Å². The fourth-order valence-electron chi connectivity index (χ4n) is 2.24. The topological polar surface area (TPSA) is 29.0 Å². The number of nitrogens with zero attached hydrogens (tertiary/aromatic N) is 1. The molecule has 1 aromatic heterocycles. The highest BCUT2D eigenvalue weighted by atomic mass is 15.4. The highest BCUT2D eigenvalue weighted by Gasteiger charge is 2.12. The van der Waals surface area contributed by atoms with Crippen molar-refractivity contribution in [3.8, 4) is 0 Å². The van der Waals surface area contributed by atoms with Crippen molar-refractivity contribution in [1.82, 2.24) is 9.99 Å². The van der Waals surface area contributed by atoms with Gasteiger partial charge in [0, 0.05) is 17.9 Å². The largest absolute Gasteiger partial charge is 0.326 e. The number of hydrogen-bond acceptors (Lipinski definition) is 2. The summed E-state index contributed by atoms with van der Waals surface area (Å²) in [7, 11) is 0. The molecule has 1 aliphatic heterocycles. The van der Waals surface area contributed by atoms with Crippen LogP contribution in [0.25, 0.3) is 0 Å². The van der Waals surface area contributed by atoms with Gasteiger partial charge in [0.05, 0.1) is 0 Å². The van der Waals surface area contributed by atoms with Crippen molar-refractivity contribution in [2.24, 2.45) is 5.92 Å². The summed E-state index contributed by atoms with van der Waals surface area (Å²) in [4.78, 5) is 0. The number of aryl methyl sites for hydroxylation is 2. The van der Waals surface area contributed by atoms with Gasteiger partial charge in [0.25, 0.3) is 0 Å². The second kappa shape index (κ2) is 4.71. The molecule has 1 unspecified atom stereocenters. The maximum Gasteiger partial charge on any atom is 0.0366 e. The molecule has 1 atom stereocenters. The van der Waals surface area contributed by atoms with Crippen molar-refractivity contribution in [2.75, 3.05) is 25.1 Å². The lowest BCUT2D eigenvalue weighted by atomic mass is 10.0. The molecule has 0 aromatic carbocycles. The zero-order valence-corrected chi connectivity index (χ0v) is 9.71. The Morgan fingerprint density at radius 3 is 2.73 bits per heavy atom. The van der Waals surface area contributed by atoms with E-state index < -0.39 is 0 Å². The summed E-state index contributed by atoms with van der Waals surface area (Å²) >= 11 is 0. The predicted molar refractivity (Wildman–Crippen MR) is 63.7 cm³/mol. The van der Waals surface area contributed by atoms with E-state index in [9.17, 15) is 0 Å². The Bertz CT molecular complexity index is 291. The normalized spacial score (nSPS) is 21.6. The van der Waals surface area contributed by atoms with Crippen LogP contribution in [0.1, 0.15) is 24.2 Å². The van der Waals surface area contributed by atoms with Crippen molar-refractivity contribution >= 4 is 0 Å². The van der Waals surface area contributed by atoms with Crippen molar-refractivity contribution in [2.45, 2.75) is 26.7 Å². The molecule has 1 fully saturated rings. The van der Waals surface area contributed by atoms with E-state index in [1.807, 2.05) is 0 Å². The van der Waals surface area contributed by atoms with E-state index in [2.05, 4.69) is 41.4 Å². The van der Waals surface area contributed by atoms with Crippen LogP contribution in [0.5, 0.6) is 0 Å². The molecule has 0 saturated carbocycles. The number of piperidine rings is 1. The molecule has 1 saturated heterocycles. The van der Waals surface area contributed by atoms with E-state index in [1.54, 1.807) is 0 Å². The van der Waals surface area contributed by atoms with Crippen molar-refractivity contribution in [1.29, 1.82) is 0 Å². The van der Waals surface area contributed by atoms with Gasteiger partial charge >= 0.3 is 0 Å². The van der Waals surface area contributed by atoms with E-state index in [0.29, 0.717) is 0 Å². The minimum absolute atomic E-state index is 0.778. The summed E-state index contributed by atoms with van der Waals surface area (Å²) in [6.07, 6.45) is 2.66. The first-order valence-corrected chi connectivity index (χ1v) is 5.87. The van der Waals surface area contributed by atoms with Gasteiger partial charge in [-0.15, -0.1) is 0 Å². The van der Waals surface area contributed by atoms with E-state index >= 15 is 0 Å². The molecular weight excluding hydrogens is 186 g/mol. The third-order valence-electron chi connectivity index (χ3n) is 3.21. The smallest absolute Gasteiger partial charge is 0.0366 e. The lowest BCUT2D eigenvalue weighted by Crippen LogP contribution is -2.35. The third kappa shape index (κ3) is 2.53. The summed E-state index contributed by atoms with van der Waals surface area (Å²) < 4.78 is 2.19. The van der Waals surface area contributed by atoms with E-state index in [0.717, 1.165) is 19.0 Å². The highest BCUT2D eigenvalue weighted by molar-refractivity contribution is 5.15. The molecule has 3 heteroatoms. The molecule has 84 valence electrons. The fourth-order valence-corrected chi connectivity index (χ4v) is 2.24. The first kappa shape index (κ1) is 10.6. The lowest BCUT2D eigenvalue weighted by Gasteiger charge is -2.24. The molecule has 0 amide bonds. The van der Waals surface area contributed by atoms with Gasteiger partial charge in [-0.1, -0.05) is 0 Å². The molecule has 0 aliphatic carbocycles. The molecular formula is C12H21N3. The zero-order valence-electron chi connectivity index (χ0n) is 9.71. The molecule has 2 N–H and O–H groups in total. The van der Waals surface area contributed by atoms with Crippen LogP contribution in [0, 0.1) is 19.8 Å². The minimum Gasteiger partial charge on any atom is -0.326 e. The fraction of sp³-hybridized carbons (Fsp3) is 0.667. The first-order chi connectivity index (χ1) is 7.27. The highest BCUT2D eigenvalue weighted by Crippen LogP contribution is 2.10. The maximum absolute atomic E-state index is 3.51. The number of aromatic nitrogens is 1. The molecule has 15 heavy (non-hydrogen) atoms. The van der Waals surface area contributed by atoms with Crippen LogP contribution in [0.3, 0.4) is 0 Å². The summed E-state index contributed by atoms with van der Waals surface area (Å²) in [5.74, 6) is 0.778. The van der Waals surface area contributed by atoms with Gasteiger partial charge in [0.15, 0.2) is 0 Å². The molecule has 2 rings (SSSR count). The SMILES string of the molecule is Cc1ccc(C)n1NCC1CCCNC1. The number of rotatable bonds is 3. The van der Waals surface area contributed by atoms with Gasteiger partial charge in [0.2, 0.25) is 0 Å². The van der Waals surface area contributed by atoms with Crippen LogP contribution in [-0.2, 0) is 0 Å². The van der Waals surface area contributed by atoms with E-state index in [-0.39, 0.29) is 0 Å². The minimum atomic E-state index is 0.778. The standard InChI is InChI=1S/C12H21N3/c1-10-5-6-11(2)15(10)14-9-12-4-3-7-13-8-12/h5-6,12-14H,3-4,7-9H2,1-2H3. The summed E-state index contributed by atoms with van der Waals surface area (Å²) in [6, 6.07) is 4.31. The Hall–Kier alpha value is -0.960. The first-order valence-electron chi connectivity index (χ1n) is 5.87. The monoisotopic (exact) mass is 207 g/mol. The Balaban J connectivity index is 1.87. The lowest BCUT2D eigenvalue weighted by molar-refractivity contribution is 0.384. The van der Waals surface area contributed by atoms with Crippen LogP contribution >= 0.6 is 0 Å². The van der Waals surface area contributed by atoms with Crippen LogP contribution in [-0.4, -0.2) is 24.3 Å². The van der Waals surface area contributed by atoms with Gasteiger partial charge in [0.1, 0.15) is 0 Å². The molecule has 3 nitrogen and oxygen atoms in total. The van der Waals surface area contributed by atoms with Gasteiger partial charge in [-0.3, -0.25) is 4.68 Å². The quantitative estimate of drug-likeness (QED) is 0.789. The molecule has 0 spiro atoms. The maximum atomic E-state index is 3.51. The number of hydrogen-bond donors (Lipinski definition) is 2. The predicted octanol–water partition coefficient (Wildman–Crippen LogP) is 1.65. The Kier molecular flexibility index (Phi) is 3.31. The Labute approximate surface area is 91.8 Å². The molecule has 0 bridgehead atoms. The van der Waals surface area contributed by atoms with Crippen molar-refractivity contribution in [3.05, 3.63) is 23.5 Å². The van der Waals surface area contributed by atoms with Crippen LogP contribution < -0.4 is 10.7 Å². The Morgan fingerprint density at radius 1 is 1.40 bits per heavy atom. The zero-order chi connectivity index (χ0) is 10.7. The Morgan fingerprint density at radius 2 is 2.13 bits per heavy atom. The van der Waals surface area contributed by atoms with Crippen LogP contribution in [0.15, 0.2) is 12.1 Å². The summed E-state index contributed by atoms with van der Waals surface area (Å²) in [5.41, 5.74) is 6.08. The summed E-state index contributed by atoms with van der Waals surface area (Å²) in [5, 5.41) is 3.44. The summed E-state index contributed by atoms with van der Waals surface area (Å²) in [6.45, 7) is 7.70. The molecule has 1 aromatic rings. The molecule has 0 radical (unpaired) electrons. The number of nitrogens with one attached hydrogen (secondary N) is 2. The van der Waals surface area contributed by atoms with Crippen LogP contribution in [0.2, 0.25) is 0 Å². The average molecular weight is 207 g/mol. The van der Waals surface area contributed by atoms with Gasteiger partial charge in [-0.2, -0.15) is 0 Å². The van der Waals surface area contributed by atoms with Crippen LogP contribution in [0.4, 0.5) is 0 Å². The molecule has 2 heterocycles. The second-order valence-corrected chi connectivity index (χ2v) is 4.53. The van der Waals surface area contributed by atoms with E-state index in [1.165, 1.54) is 30.8 Å². The van der Waals surface area contributed by atoms with Crippen molar-refractivity contribution < 1.29 is 0 Å². The average Bonchev–Trinajstić information content (AvgIpc) is 2.58. The molecule has 1 aliphatic rings. The van der Waals surface area contributed by atoms with E-state index in [4.69, 9.17) is 0 Å². The van der Waals surface area contributed by atoms with Crippen molar-refractivity contribution in [3.63, 3.8) is 0 Å². The van der Waals surface area contributed by atoms with Gasteiger partial charge in [-0.05, 0) is 57.8 Å². The van der Waals surface area contributed by atoms with Gasteiger partial charge in [-0.25, -0.2) is 0 Å².